The number of ether oxygens (including phenoxy) is 1. The third kappa shape index (κ3) is 4.66. The number of likely N-dealkylation sites (tertiary alicyclic amines) is 2. The van der Waals surface area contributed by atoms with E-state index in [4.69, 9.17) is 4.74 Å². The first-order valence-corrected chi connectivity index (χ1v) is 9.95. The van der Waals surface area contributed by atoms with Crippen LogP contribution in [-0.2, 0) is 6.54 Å². The first kappa shape index (κ1) is 18.0. The quantitative estimate of drug-likeness (QED) is 0.815. The summed E-state index contributed by atoms with van der Waals surface area (Å²) in [4.78, 5) is 21.0. The Hall–Kier alpha value is -2.40. The van der Waals surface area contributed by atoms with Gasteiger partial charge in [-0.05, 0) is 61.6 Å². The number of pyridine rings is 1. The molecule has 4 rings (SSSR count). The number of piperidine rings is 1. The lowest BCUT2D eigenvalue weighted by molar-refractivity contribution is 0.0792. The maximum absolute atomic E-state index is 12.4. The van der Waals surface area contributed by atoms with Crippen LogP contribution in [0, 0.1) is 0 Å². The van der Waals surface area contributed by atoms with Crippen LogP contribution in [0.15, 0.2) is 48.8 Å². The van der Waals surface area contributed by atoms with E-state index in [0.717, 1.165) is 69.7 Å². The summed E-state index contributed by atoms with van der Waals surface area (Å²) in [6.07, 6.45) is 8.28. The molecule has 0 aliphatic carbocycles. The lowest BCUT2D eigenvalue weighted by Crippen LogP contribution is -2.37. The number of amides is 1. The predicted octanol–water partition coefficient (Wildman–Crippen LogP) is 3.36. The van der Waals surface area contributed by atoms with E-state index < -0.39 is 0 Å². The van der Waals surface area contributed by atoms with Crippen molar-refractivity contribution in [1.29, 1.82) is 0 Å². The number of benzene rings is 1. The fourth-order valence-corrected chi connectivity index (χ4v) is 3.91. The third-order valence-corrected chi connectivity index (χ3v) is 5.46. The molecule has 27 heavy (non-hydrogen) atoms. The molecule has 2 saturated heterocycles. The predicted molar refractivity (Wildman–Crippen MR) is 105 cm³/mol. The molecule has 1 aromatic heterocycles. The molecule has 2 aliphatic heterocycles. The highest BCUT2D eigenvalue weighted by Gasteiger charge is 2.22. The molecule has 0 N–H and O–H groups in total. The Kier molecular flexibility index (Phi) is 5.68. The van der Waals surface area contributed by atoms with E-state index in [1.807, 2.05) is 47.6 Å². The van der Waals surface area contributed by atoms with Crippen LogP contribution < -0.4 is 4.74 Å². The van der Waals surface area contributed by atoms with Gasteiger partial charge in [0.2, 0.25) is 0 Å². The summed E-state index contributed by atoms with van der Waals surface area (Å²) in [6.45, 7) is 4.79. The lowest BCUT2D eigenvalue weighted by Gasteiger charge is -2.32. The Bertz CT molecular complexity index is 734. The molecule has 2 aromatic rings. The van der Waals surface area contributed by atoms with Gasteiger partial charge in [0.25, 0.3) is 5.91 Å². The number of aromatic nitrogens is 1. The van der Waals surface area contributed by atoms with Gasteiger partial charge in [0, 0.05) is 50.7 Å². The smallest absolute Gasteiger partial charge is 0.253 e. The normalized spacial score (nSPS) is 18.6. The van der Waals surface area contributed by atoms with Gasteiger partial charge in [-0.1, -0.05) is 6.07 Å². The molecule has 2 aliphatic rings. The highest BCUT2D eigenvalue weighted by Crippen LogP contribution is 2.21. The summed E-state index contributed by atoms with van der Waals surface area (Å²) in [6, 6.07) is 11.8. The van der Waals surface area contributed by atoms with Gasteiger partial charge in [-0.2, -0.15) is 0 Å². The molecule has 0 bridgehead atoms. The third-order valence-electron chi connectivity index (χ3n) is 5.46. The van der Waals surface area contributed by atoms with Crippen molar-refractivity contribution in [2.45, 2.75) is 38.3 Å². The lowest BCUT2D eigenvalue weighted by atomic mass is 10.1. The number of carbonyl (C=O) groups is 1. The molecule has 0 spiro atoms. The topological polar surface area (TPSA) is 45.7 Å². The van der Waals surface area contributed by atoms with Crippen LogP contribution in [0.1, 0.15) is 41.6 Å². The Morgan fingerprint density at radius 3 is 2.44 bits per heavy atom. The van der Waals surface area contributed by atoms with Crippen molar-refractivity contribution in [3.8, 4) is 5.75 Å². The number of hydrogen-bond donors (Lipinski definition) is 0. The first-order valence-electron chi connectivity index (χ1n) is 9.95. The van der Waals surface area contributed by atoms with Crippen molar-refractivity contribution in [1.82, 2.24) is 14.8 Å². The van der Waals surface area contributed by atoms with Crippen molar-refractivity contribution in [3.05, 3.63) is 59.9 Å². The van der Waals surface area contributed by atoms with Crippen molar-refractivity contribution >= 4 is 5.91 Å². The standard InChI is InChI=1S/C22H27N3O2/c26-22(25-12-1-2-13-25)19-5-7-20(8-6-19)27-21-9-14-24(15-10-21)17-18-4-3-11-23-16-18/h3-8,11,16,21H,1-2,9-10,12-15,17H2. The monoisotopic (exact) mass is 365 g/mol. The van der Waals surface area contributed by atoms with Crippen LogP contribution in [0.2, 0.25) is 0 Å². The summed E-state index contributed by atoms with van der Waals surface area (Å²) in [5, 5.41) is 0. The molecule has 142 valence electrons. The molecule has 5 heteroatoms. The highest BCUT2D eigenvalue weighted by molar-refractivity contribution is 5.94. The van der Waals surface area contributed by atoms with E-state index in [1.165, 1.54) is 5.56 Å². The SMILES string of the molecule is O=C(c1ccc(OC2CCN(Cc3cccnc3)CC2)cc1)N1CCCC1. The molecule has 0 atom stereocenters. The summed E-state index contributed by atoms with van der Waals surface area (Å²) in [5.41, 5.74) is 2.02. The van der Waals surface area contributed by atoms with Gasteiger partial charge in [-0.15, -0.1) is 0 Å². The van der Waals surface area contributed by atoms with Gasteiger partial charge in [0.15, 0.2) is 0 Å². The minimum absolute atomic E-state index is 0.141. The van der Waals surface area contributed by atoms with Crippen LogP contribution in [0.5, 0.6) is 5.75 Å². The summed E-state index contributed by atoms with van der Waals surface area (Å²) >= 11 is 0. The van der Waals surface area contributed by atoms with Crippen LogP contribution >= 0.6 is 0 Å². The fourth-order valence-electron chi connectivity index (χ4n) is 3.91. The van der Waals surface area contributed by atoms with Crippen LogP contribution in [-0.4, -0.2) is 53.0 Å². The van der Waals surface area contributed by atoms with Crippen LogP contribution in [0.3, 0.4) is 0 Å². The summed E-state index contributed by atoms with van der Waals surface area (Å²) < 4.78 is 6.15. The molecule has 0 radical (unpaired) electrons. The average molecular weight is 365 g/mol. The zero-order valence-electron chi connectivity index (χ0n) is 15.7. The molecular formula is C22H27N3O2. The molecule has 3 heterocycles. The maximum atomic E-state index is 12.4. The van der Waals surface area contributed by atoms with Gasteiger partial charge in [-0.3, -0.25) is 14.7 Å². The number of nitrogens with zero attached hydrogens (tertiary/aromatic N) is 3. The largest absolute Gasteiger partial charge is 0.490 e. The number of hydrogen-bond acceptors (Lipinski definition) is 4. The molecule has 0 saturated carbocycles. The van der Waals surface area contributed by atoms with Crippen molar-refractivity contribution < 1.29 is 9.53 Å². The molecule has 5 nitrogen and oxygen atoms in total. The van der Waals surface area contributed by atoms with Crippen LogP contribution in [0.25, 0.3) is 0 Å². The average Bonchev–Trinajstić information content (AvgIpc) is 3.25. The molecular weight excluding hydrogens is 338 g/mol. The van der Waals surface area contributed by atoms with Gasteiger partial charge < -0.3 is 9.64 Å². The summed E-state index contributed by atoms with van der Waals surface area (Å²) in [5.74, 6) is 1.00. The van der Waals surface area contributed by atoms with Crippen LogP contribution in [0.4, 0.5) is 0 Å². The van der Waals surface area contributed by atoms with Crippen molar-refractivity contribution in [2.75, 3.05) is 26.2 Å². The molecule has 0 unspecified atom stereocenters. The van der Waals surface area contributed by atoms with E-state index in [0.29, 0.717) is 0 Å². The van der Waals surface area contributed by atoms with E-state index in [2.05, 4.69) is 16.0 Å². The highest BCUT2D eigenvalue weighted by atomic mass is 16.5. The van der Waals surface area contributed by atoms with E-state index in [9.17, 15) is 4.79 Å². The second-order valence-corrected chi connectivity index (χ2v) is 7.48. The van der Waals surface area contributed by atoms with E-state index in [1.54, 1.807) is 0 Å². The van der Waals surface area contributed by atoms with Gasteiger partial charge in [0.1, 0.15) is 11.9 Å². The van der Waals surface area contributed by atoms with Gasteiger partial charge in [-0.25, -0.2) is 0 Å². The molecule has 1 amide bonds. The first-order chi connectivity index (χ1) is 13.3. The Morgan fingerprint density at radius 2 is 1.78 bits per heavy atom. The van der Waals surface area contributed by atoms with E-state index >= 15 is 0 Å². The van der Waals surface area contributed by atoms with E-state index in [-0.39, 0.29) is 12.0 Å². The number of carbonyl (C=O) groups excluding carboxylic acids is 1. The Morgan fingerprint density at radius 1 is 1.04 bits per heavy atom. The molecule has 2 fully saturated rings. The Balaban J connectivity index is 1.26. The van der Waals surface area contributed by atoms with Gasteiger partial charge >= 0.3 is 0 Å². The second kappa shape index (κ2) is 8.53. The van der Waals surface area contributed by atoms with Gasteiger partial charge in [0.05, 0.1) is 0 Å². The van der Waals surface area contributed by atoms with Crippen molar-refractivity contribution in [3.63, 3.8) is 0 Å². The minimum atomic E-state index is 0.141. The number of rotatable bonds is 5. The fraction of sp³-hybridized carbons (Fsp3) is 0.455. The second-order valence-electron chi connectivity index (χ2n) is 7.48. The zero-order chi connectivity index (χ0) is 18.5. The van der Waals surface area contributed by atoms with Crippen molar-refractivity contribution in [2.24, 2.45) is 0 Å². The minimum Gasteiger partial charge on any atom is -0.490 e. The molecule has 1 aromatic carbocycles. The zero-order valence-corrected chi connectivity index (χ0v) is 15.7. The Labute approximate surface area is 161 Å². The summed E-state index contributed by atoms with van der Waals surface area (Å²) in [7, 11) is 0. The maximum Gasteiger partial charge on any atom is 0.253 e.